The summed E-state index contributed by atoms with van der Waals surface area (Å²) in [5.74, 6) is 1.45. The van der Waals surface area contributed by atoms with Crippen molar-refractivity contribution in [2.75, 3.05) is 5.75 Å². The Morgan fingerprint density at radius 1 is 1.22 bits per heavy atom. The molecule has 3 rings (SSSR count). The van der Waals surface area contributed by atoms with E-state index in [-0.39, 0.29) is 23.7 Å². The molecule has 4 nitrogen and oxygen atoms in total. The fourth-order valence-electron chi connectivity index (χ4n) is 2.87. The Morgan fingerprint density at radius 2 is 1.96 bits per heavy atom. The smallest absolute Gasteiger partial charge is 0.221 e. The topological polar surface area (TPSA) is 57.8 Å². The number of aromatic nitrogens is 2. The maximum absolute atomic E-state index is 12.9. The van der Waals surface area contributed by atoms with E-state index in [0.29, 0.717) is 12.2 Å². The van der Waals surface area contributed by atoms with Crippen molar-refractivity contribution in [1.82, 2.24) is 15.3 Å². The molecule has 2 N–H and O–H groups in total. The van der Waals surface area contributed by atoms with Gasteiger partial charge in [0.1, 0.15) is 11.6 Å². The first-order valence-corrected chi connectivity index (χ1v) is 10.2. The minimum atomic E-state index is -0.251. The number of carbonyl (C=O) groups is 1. The molecule has 0 bridgehead atoms. The lowest BCUT2D eigenvalue weighted by molar-refractivity contribution is -0.121. The number of imidazole rings is 1. The van der Waals surface area contributed by atoms with Gasteiger partial charge in [-0.15, -0.1) is 11.8 Å². The van der Waals surface area contributed by atoms with E-state index in [1.54, 1.807) is 23.9 Å². The first-order valence-electron chi connectivity index (χ1n) is 9.19. The van der Waals surface area contributed by atoms with Gasteiger partial charge in [-0.25, -0.2) is 9.37 Å². The SMILES string of the molecule is CC[C@@H](C)[C@@H](NC(=O)CCSc1ccc(F)cc1)c1nc2ccccc2[nH]1. The van der Waals surface area contributed by atoms with E-state index in [1.165, 1.54) is 12.1 Å². The highest BCUT2D eigenvalue weighted by atomic mass is 32.2. The Morgan fingerprint density at radius 3 is 2.67 bits per heavy atom. The number of amides is 1. The second-order valence-electron chi connectivity index (χ2n) is 6.62. The number of para-hydroxylation sites is 2. The number of nitrogens with one attached hydrogen (secondary N) is 2. The van der Waals surface area contributed by atoms with Gasteiger partial charge >= 0.3 is 0 Å². The zero-order valence-electron chi connectivity index (χ0n) is 15.5. The number of H-pyrrole nitrogens is 1. The molecule has 1 amide bonds. The first kappa shape index (κ1) is 19.4. The molecule has 0 radical (unpaired) electrons. The molecule has 27 heavy (non-hydrogen) atoms. The van der Waals surface area contributed by atoms with Crippen molar-refractivity contribution >= 4 is 28.7 Å². The van der Waals surface area contributed by atoms with E-state index >= 15 is 0 Å². The lowest BCUT2D eigenvalue weighted by Crippen LogP contribution is -2.33. The van der Waals surface area contributed by atoms with Gasteiger partial charge < -0.3 is 10.3 Å². The maximum atomic E-state index is 12.9. The standard InChI is InChI=1S/C21H24FN3OS/c1-3-14(2)20(21-23-17-6-4-5-7-18(17)24-21)25-19(26)12-13-27-16-10-8-15(22)9-11-16/h4-11,14,20H,3,12-13H2,1-2H3,(H,23,24)(H,25,26)/t14-,20-/m1/s1. The maximum Gasteiger partial charge on any atom is 0.221 e. The number of carbonyl (C=O) groups excluding carboxylic acids is 1. The lowest BCUT2D eigenvalue weighted by Gasteiger charge is -2.22. The summed E-state index contributed by atoms with van der Waals surface area (Å²) in [6.45, 7) is 4.22. The van der Waals surface area contributed by atoms with Crippen LogP contribution in [0.15, 0.2) is 53.4 Å². The minimum Gasteiger partial charge on any atom is -0.346 e. The van der Waals surface area contributed by atoms with Gasteiger partial charge in [0.15, 0.2) is 0 Å². The molecule has 6 heteroatoms. The van der Waals surface area contributed by atoms with E-state index < -0.39 is 0 Å². The Hall–Kier alpha value is -2.34. The van der Waals surface area contributed by atoms with Gasteiger partial charge in [0, 0.05) is 17.1 Å². The van der Waals surface area contributed by atoms with Gasteiger partial charge in [-0.05, 0) is 42.3 Å². The third kappa shape index (κ3) is 5.10. The molecule has 3 aromatic rings. The number of nitrogens with zero attached hydrogens (tertiary/aromatic N) is 1. The summed E-state index contributed by atoms with van der Waals surface area (Å²) < 4.78 is 12.9. The third-order valence-corrected chi connectivity index (χ3v) is 5.66. The number of rotatable bonds is 8. The largest absolute Gasteiger partial charge is 0.346 e. The summed E-state index contributed by atoms with van der Waals surface area (Å²) in [4.78, 5) is 21.4. The summed E-state index contributed by atoms with van der Waals surface area (Å²) in [7, 11) is 0. The number of aromatic amines is 1. The normalized spacial score (nSPS) is 13.4. The highest BCUT2D eigenvalue weighted by Crippen LogP contribution is 2.25. The molecule has 2 aromatic carbocycles. The van der Waals surface area contributed by atoms with Crippen molar-refractivity contribution in [2.45, 2.75) is 37.6 Å². The predicted octanol–water partition coefficient (Wildman–Crippen LogP) is 5.09. The quantitative estimate of drug-likeness (QED) is 0.531. The first-order chi connectivity index (χ1) is 13.1. The van der Waals surface area contributed by atoms with Crippen LogP contribution in [0.4, 0.5) is 4.39 Å². The highest BCUT2D eigenvalue weighted by molar-refractivity contribution is 7.99. The van der Waals surface area contributed by atoms with Gasteiger partial charge in [-0.1, -0.05) is 32.4 Å². The van der Waals surface area contributed by atoms with Gasteiger partial charge in [-0.2, -0.15) is 0 Å². The van der Waals surface area contributed by atoms with Crippen LogP contribution >= 0.6 is 11.8 Å². The van der Waals surface area contributed by atoms with Crippen LogP contribution in [0, 0.1) is 11.7 Å². The summed E-state index contributed by atoms with van der Waals surface area (Å²) in [5.41, 5.74) is 1.88. The third-order valence-electron chi connectivity index (χ3n) is 4.64. The Labute approximate surface area is 163 Å². The van der Waals surface area contributed by atoms with Gasteiger partial charge in [0.2, 0.25) is 5.91 Å². The fourth-order valence-corrected chi connectivity index (χ4v) is 3.73. The van der Waals surface area contributed by atoms with Crippen molar-refractivity contribution in [3.63, 3.8) is 0 Å². The van der Waals surface area contributed by atoms with Crippen LogP contribution in [0.2, 0.25) is 0 Å². The molecule has 0 saturated heterocycles. The molecule has 0 fully saturated rings. The number of hydrogen-bond donors (Lipinski definition) is 2. The van der Waals surface area contributed by atoms with Gasteiger partial charge in [0.05, 0.1) is 17.1 Å². The molecule has 142 valence electrons. The molecule has 0 unspecified atom stereocenters. The number of halogens is 1. The van der Waals surface area contributed by atoms with E-state index in [2.05, 4.69) is 29.1 Å². The zero-order valence-corrected chi connectivity index (χ0v) is 16.4. The van der Waals surface area contributed by atoms with E-state index in [4.69, 9.17) is 0 Å². The van der Waals surface area contributed by atoms with Crippen molar-refractivity contribution in [3.8, 4) is 0 Å². The fraction of sp³-hybridized carbons (Fsp3) is 0.333. The number of fused-ring (bicyclic) bond motifs is 1. The van der Waals surface area contributed by atoms with Gasteiger partial charge in [-0.3, -0.25) is 4.79 Å². The summed E-state index contributed by atoms with van der Waals surface area (Å²) in [5, 5.41) is 3.13. The van der Waals surface area contributed by atoms with Crippen molar-refractivity contribution in [1.29, 1.82) is 0 Å². The van der Waals surface area contributed by atoms with Crippen LogP contribution in [0.1, 0.15) is 38.6 Å². The van der Waals surface area contributed by atoms with Crippen LogP contribution in [0.5, 0.6) is 0 Å². The van der Waals surface area contributed by atoms with Gasteiger partial charge in [0.25, 0.3) is 0 Å². The Bertz CT molecular complexity index is 861. The molecular weight excluding hydrogens is 361 g/mol. The summed E-state index contributed by atoms with van der Waals surface area (Å²) in [6.07, 6.45) is 1.33. The van der Waals surface area contributed by atoms with Crippen LogP contribution in [-0.2, 0) is 4.79 Å². The highest BCUT2D eigenvalue weighted by Gasteiger charge is 2.23. The Kier molecular flexibility index (Phi) is 6.50. The second kappa shape index (κ2) is 9.04. The van der Waals surface area contributed by atoms with Crippen LogP contribution in [-0.4, -0.2) is 21.6 Å². The second-order valence-corrected chi connectivity index (χ2v) is 7.79. The molecular formula is C21H24FN3OS. The molecule has 0 saturated carbocycles. The van der Waals surface area contributed by atoms with Crippen molar-refractivity contribution in [2.24, 2.45) is 5.92 Å². The molecule has 1 heterocycles. The molecule has 0 aliphatic heterocycles. The monoisotopic (exact) mass is 385 g/mol. The summed E-state index contributed by atoms with van der Waals surface area (Å²) in [6, 6.07) is 14.1. The predicted molar refractivity (Wildman–Crippen MR) is 108 cm³/mol. The van der Waals surface area contributed by atoms with Crippen LogP contribution in [0.25, 0.3) is 11.0 Å². The molecule has 1 aromatic heterocycles. The Balaban J connectivity index is 1.61. The van der Waals surface area contributed by atoms with Crippen LogP contribution < -0.4 is 5.32 Å². The average molecular weight is 386 g/mol. The molecule has 0 aliphatic rings. The van der Waals surface area contributed by atoms with E-state index in [1.807, 2.05) is 24.3 Å². The zero-order chi connectivity index (χ0) is 19.2. The summed E-state index contributed by atoms with van der Waals surface area (Å²) >= 11 is 1.55. The van der Waals surface area contributed by atoms with Crippen molar-refractivity contribution < 1.29 is 9.18 Å². The van der Waals surface area contributed by atoms with E-state index in [9.17, 15) is 9.18 Å². The molecule has 0 aliphatic carbocycles. The molecule has 0 spiro atoms. The minimum absolute atomic E-state index is 0.00429. The van der Waals surface area contributed by atoms with Crippen LogP contribution in [0.3, 0.4) is 0 Å². The number of benzene rings is 2. The molecule has 2 atom stereocenters. The lowest BCUT2D eigenvalue weighted by atomic mass is 9.98. The van der Waals surface area contributed by atoms with Crippen molar-refractivity contribution in [3.05, 3.63) is 60.2 Å². The average Bonchev–Trinajstić information content (AvgIpc) is 3.11. The van der Waals surface area contributed by atoms with E-state index in [0.717, 1.165) is 28.2 Å². The number of hydrogen-bond acceptors (Lipinski definition) is 3. The number of thioether (sulfide) groups is 1.